The standard InChI is InChI=1S/C10H17NO5/c1-8(12)11(4-6-15-9(2)13)5-7-16-10(3)14/h4-7H2,1-3H3. The Bertz CT molecular complexity index is 244. The normalized spacial score (nSPS) is 9.44. The first-order valence-electron chi connectivity index (χ1n) is 4.95. The van der Waals surface area contributed by atoms with Crippen LogP contribution < -0.4 is 0 Å². The lowest BCUT2D eigenvalue weighted by Crippen LogP contribution is -2.35. The number of carbonyl (C=O) groups excluding carboxylic acids is 3. The van der Waals surface area contributed by atoms with Crippen molar-refractivity contribution in [2.75, 3.05) is 26.3 Å². The van der Waals surface area contributed by atoms with E-state index in [1.165, 1.54) is 25.7 Å². The van der Waals surface area contributed by atoms with E-state index in [9.17, 15) is 14.4 Å². The predicted molar refractivity (Wildman–Crippen MR) is 55.5 cm³/mol. The first-order valence-corrected chi connectivity index (χ1v) is 4.95. The summed E-state index contributed by atoms with van der Waals surface area (Å²) in [5.74, 6) is -0.925. The first-order chi connectivity index (χ1) is 7.43. The van der Waals surface area contributed by atoms with Crippen molar-refractivity contribution < 1.29 is 23.9 Å². The number of nitrogens with zero attached hydrogens (tertiary/aromatic N) is 1. The minimum absolute atomic E-state index is 0.148. The van der Waals surface area contributed by atoms with Gasteiger partial charge in [0.05, 0.1) is 13.1 Å². The van der Waals surface area contributed by atoms with Crippen LogP contribution in [0.25, 0.3) is 0 Å². The molecular formula is C10H17NO5. The number of ether oxygens (including phenoxy) is 2. The van der Waals surface area contributed by atoms with Crippen LogP contribution in [-0.4, -0.2) is 49.0 Å². The second kappa shape index (κ2) is 7.67. The number of hydrogen-bond donors (Lipinski definition) is 0. The third-order valence-electron chi connectivity index (χ3n) is 1.78. The number of carbonyl (C=O) groups is 3. The lowest BCUT2D eigenvalue weighted by atomic mass is 10.4. The highest BCUT2D eigenvalue weighted by Crippen LogP contribution is 1.91. The summed E-state index contributed by atoms with van der Waals surface area (Å²) in [5, 5.41) is 0. The molecule has 0 heterocycles. The Labute approximate surface area is 94.5 Å². The van der Waals surface area contributed by atoms with Crippen molar-refractivity contribution in [3.8, 4) is 0 Å². The molecule has 0 spiro atoms. The van der Waals surface area contributed by atoms with Gasteiger partial charge in [-0.2, -0.15) is 0 Å². The lowest BCUT2D eigenvalue weighted by Gasteiger charge is -2.20. The molecule has 0 atom stereocenters. The van der Waals surface area contributed by atoms with Crippen LogP contribution in [0, 0.1) is 0 Å². The summed E-state index contributed by atoms with van der Waals surface area (Å²) in [7, 11) is 0. The van der Waals surface area contributed by atoms with E-state index in [4.69, 9.17) is 9.47 Å². The molecule has 6 nitrogen and oxygen atoms in total. The van der Waals surface area contributed by atoms with Gasteiger partial charge in [-0.05, 0) is 0 Å². The van der Waals surface area contributed by atoms with Gasteiger partial charge in [0.2, 0.25) is 5.91 Å². The van der Waals surface area contributed by atoms with Gasteiger partial charge in [0.15, 0.2) is 0 Å². The van der Waals surface area contributed by atoms with E-state index in [-0.39, 0.29) is 31.1 Å². The number of rotatable bonds is 6. The third-order valence-corrected chi connectivity index (χ3v) is 1.78. The van der Waals surface area contributed by atoms with E-state index in [1.54, 1.807) is 0 Å². The first kappa shape index (κ1) is 14.4. The molecule has 6 heteroatoms. The molecule has 0 N–H and O–H groups in total. The van der Waals surface area contributed by atoms with Gasteiger partial charge in [-0.25, -0.2) is 0 Å². The second-order valence-electron chi connectivity index (χ2n) is 3.19. The maximum Gasteiger partial charge on any atom is 0.302 e. The molecule has 92 valence electrons. The van der Waals surface area contributed by atoms with Gasteiger partial charge >= 0.3 is 11.9 Å². The van der Waals surface area contributed by atoms with Crippen molar-refractivity contribution in [3.63, 3.8) is 0 Å². The van der Waals surface area contributed by atoms with Crippen molar-refractivity contribution in [2.45, 2.75) is 20.8 Å². The Morgan fingerprint density at radius 3 is 1.50 bits per heavy atom. The van der Waals surface area contributed by atoms with Gasteiger partial charge in [0.1, 0.15) is 13.2 Å². The van der Waals surface area contributed by atoms with Crippen LogP contribution >= 0.6 is 0 Å². The van der Waals surface area contributed by atoms with Gasteiger partial charge in [-0.3, -0.25) is 14.4 Å². The molecule has 0 aromatic carbocycles. The van der Waals surface area contributed by atoms with Crippen molar-refractivity contribution in [1.29, 1.82) is 0 Å². The summed E-state index contributed by atoms with van der Waals surface area (Å²) in [4.78, 5) is 33.6. The number of esters is 2. The van der Waals surface area contributed by atoms with Gasteiger partial charge in [-0.1, -0.05) is 0 Å². The highest BCUT2D eigenvalue weighted by Gasteiger charge is 2.09. The van der Waals surface area contributed by atoms with E-state index in [2.05, 4.69) is 0 Å². The number of hydrogen-bond acceptors (Lipinski definition) is 5. The van der Waals surface area contributed by atoms with E-state index >= 15 is 0 Å². The van der Waals surface area contributed by atoms with Crippen molar-refractivity contribution in [3.05, 3.63) is 0 Å². The Kier molecular flexibility index (Phi) is 6.91. The molecule has 0 aliphatic heterocycles. The fourth-order valence-corrected chi connectivity index (χ4v) is 1.03. The molecule has 0 aliphatic rings. The summed E-state index contributed by atoms with van der Waals surface area (Å²) in [6.45, 7) is 4.91. The molecule has 0 saturated carbocycles. The van der Waals surface area contributed by atoms with Gasteiger partial charge in [-0.15, -0.1) is 0 Å². The van der Waals surface area contributed by atoms with E-state index < -0.39 is 0 Å². The Balaban J connectivity index is 3.84. The van der Waals surface area contributed by atoms with Crippen molar-refractivity contribution in [1.82, 2.24) is 4.90 Å². The molecule has 0 aromatic rings. The van der Waals surface area contributed by atoms with Crippen molar-refractivity contribution in [2.24, 2.45) is 0 Å². The monoisotopic (exact) mass is 231 g/mol. The van der Waals surface area contributed by atoms with Gasteiger partial charge in [0.25, 0.3) is 0 Å². The quantitative estimate of drug-likeness (QED) is 0.600. The molecule has 1 amide bonds. The van der Waals surface area contributed by atoms with Crippen LogP contribution in [0.5, 0.6) is 0 Å². The molecule has 0 radical (unpaired) electrons. The summed E-state index contributed by atoms with van der Waals surface area (Å²) in [6.07, 6.45) is 0. The molecule has 0 unspecified atom stereocenters. The van der Waals surface area contributed by atoms with Crippen LogP contribution in [0.15, 0.2) is 0 Å². The van der Waals surface area contributed by atoms with Crippen LogP contribution in [0.4, 0.5) is 0 Å². The van der Waals surface area contributed by atoms with Gasteiger partial charge < -0.3 is 14.4 Å². The van der Waals surface area contributed by atoms with Crippen molar-refractivity contribution >= 4 is 17.8 Å². The van der Waals surface area contributed by atoms with E-state index in [1.807, 2.05) is 0 Å². The van der Waals surface area contributed by atoms with Crippen LogP contribution in [-0.2, 0) is 23.9 Å². The molecule has 0 aromatic heterocycles. The zero-order valence-electron chi connectivity index (χ0n) is 9.82. The fourth-order valence-electron chi connectivity index (χ4n) is 1.03. The highest BCUT2D eigenvalue weighted by molar-refractivity contribution is 5.73. The topological polar surface area (TPSA) is 72.9 Å². The largest absolute Gasteiger partial charge is 0.464 e. The second-order valence-corrected chi connectivity index (χ2v) is 3.19. The minimum atomic E-state index is -0.386. The average Bonchev–Trinajstić information content (AvgIpc) is 2.14. The van der Waals surface area contributed by atoms with Crippen LogP contribution in [0.2, 0.25) is 0 Å². The molecule has 0 rings (SSSR count). The zero-order chi connectivity index (χ0) is 12.6. The Hall–Kier alpha value is -1.59. The molecular weight excluding hydrogens is 214 g/mol. The lowest BCUT2D eigenvalue weighted by molar-refractivity contribution is -0.145. The SMILES string of the molecule is CC(=O)OCCN(CCOC(C)=O)C(C)=O. The van der Waals surface area contributed by atoms with E-state index in [0.29, 0.717) is 13.1 Å². The zero-order valence-corrected chi connectivity index (χ0v) is 9.82. The summed E-state index contributed by atoms with van der Waals surface area (Å²) in [6, 6.07) is 0. The summed E-state index contributed by atoms with van der Waals surface area (Å²) >= 11 is 0. The summed E-state index contributed by atoms with van der Waals surface area (Å²) < 4.78 is 9.42. The third kappa shape index (κ3) is 7.78. The molecule has 0 bridgehead atoms. The van der Waals surface area contributed by atoms with Crippen LogP contribution in [0.1, 0.15) is 20.8 Å². The smallest absolute Gasteiger partial charge is 0.302 e. The Morgan fingerprint density at radius 2 is 1.25 bits per heavy atom. The fraction of sp³-hybridized carbons (Fsp3) is 0.700. The minimum Gasteiger partial charge on any atom is -0.464 e. The summed E-state index contributed by atoms with van der Waals surface area (Å²) in [5.41, 5.74) is 0. The maximum atomic E-state index is 11.1. The van der Waals surface area contributed by atoms with Gasteiger partial charge in [0, 0.05) is 20.8 Å². The van der Waals surface area contributed by atoms with Crippen LogP contribution in [0.3, 0.4) is 0 Å². The molecule has 0 aliphatic carbocycles. The molecule has 16 heavy (non-hydrogen) atoms. The average molecular weight is 231 g/mol. The van der Waals surface area contributed by atoms with E-state index in [0.717, 1.165) is 0 Å². The molecule has 0 fully saturated rings. The highest BCUT2D eigenvalue weighted by atomic mass is 16.5. The Morgan fingerprint density at radius 1 is 0.875 bits per heavy atom. The maximum absolute atomic E-state index is 11.1. The predicted octanol–water partition coefficient (Wildman–Crippen LogP) is -0.0389. The molecule has 0 saturated heterocycles. The number of amides is 1.